The average Bonchev–Trinajstić information content (AvgIpc) is 2.34. The van der Waals surface area contributed by atoms with Crippen LogP contribution in [0.4, 0.5) is 8.78 Å². The van der Waals surface area contributed by atoms with E-state index < -0.39 is 17.4 Å². The third kappa shape index (κ3) is 2.35. The molecule has 0 saturated heterocycles. The third-order valence-electron chi connectivity index (χ3n) is 2.72. The van der Waals surface area contributed by atoms with E-state index in [4.69, 9.17) is 4.74 Å². The molecule has 0 atom stereocenters. The Kier molecular flexibility index (Phi) is 3.22. The lowest BCUT2D eigenvalue weighted by molar-refractivity contribution is 0.101. The highest BCUT2D eigenvalue weighted by atomic mass is 19.1. The predicted molar refractivity (Wildman–Crippen MR) is 58.7 cm³/mol. The van der Waals surface area contributed by atoms with Crippen molar-refractivity contribution in [2.24, 2.45) is 0 Å². The summed E-state index contributed by atoms with van der Waals surface area (Å²) in [4.78, 5) is 12.0. The minimum absolute atomic E-state index is 0.0966. The van der Waals surface area contributed by atoms with Crippen molar-refractivity contribution in [1.29, 1.82) is 0 Å². The summed E-state index contributed by atoms with van der Waals surface area (Å²) in [6.45, 7) is 2.07. The van der Waals surface area contributed by atoms with E-state index in [2.05, 4.69) is 0 Å². The number of Topliss-reactive ketones (excluding diaryl/α,β-unsaturated/α-hetero) is 1. The number of carbonyl (C=O) groups is 1. The minimum Gasteiger partial charge on any atom is -0.501 e. The molecule has 0 radical (unpaired) electrons. The van der Waals surface area contributed by atoms with Gasteiger partial charge in [-0.1, -0.05) is 0 Å². The molecule has 1 aromatic carbocycles. The lowest BCUT2D eigenvalue weighted by Crippen LogP contribution is -2.11. The number of ketones is 1. The van der Waals surface area contributed by atoms with Crippen LogP contribution in [0.1, 0.15) is 28.8 Å². The van der Waals surface area contributed by atoms with Crippen molar-refractivity contribution in [2.75, 3.05) is 6.61 Å². The Balaban J connectivity index is 2.37. The van der Waals surface area contributed by atoms with Crippen LogP contribution in [0.25, 0.3) is 0 Å². The van der Waals surface area contributed by atoms with Gasteiger partial charge in [0.25, 0.3) is 0 Å². The topological polar surface area (TPSA) is 26.3 Å². The van der Waals surface area contributed by atoms with Gasteiger partial charge >= 0.3 is 0 Å². The molecular formula is C13H12F2O2. The lowest BCUT2D eigenvalue weighted by Gasteiger charge is -2.13. The van der Waals surface area contributed by atoms with Crippen LogP contribution in [0.15, 0.2) is 24.0 Å². The standard InChI is InChI=1S/C13H12F2O2/c1-8-5-10(12(15)6-11(8)14)13(16)9-3-2-4-17-7-9/h5-7H,2-4H2,1H3. The van der Waals surface area contributed by atoms with E-state index in [-0.39, 0.29) is 11.1 Å². The number of ether oxygens (including phenoxy) is 1. The van der Waals surface area contributed by atoms with E-state index in [9.17, 15) is 13.6 Å². The molecule has 2 nitrogen and oxygen atoms in total. The van der Waals surface area contributed by atoms with Crippen molar-refractivity contribution in [3.63, 3.8) is 0 Å². The lowest BCUT2D eigenvalue weighted by atomic mass is 9.98. The van der Waals surface area contributed by atoms with Gasteiger partial charge in [0.2, 0.25) is 0 Å². The van der Waals surface area contributed by atoms with Gasteiger partial charge in [-0.2, -0.15) is 0 Å². The van der Waals surface area contributed by atoms with Crippen LogP contribution in [0.3, 0.4) is 0 Å². The number of allylic oxidation sites excluding steroid dienone is 1. The van der Waals surface area contributed by atoms with Gasteiger partial charge in [0.05, 0.1) is 18.4 Å². The molecule has 4 heteroatoms. The summed E-state index contributed by atoms with van der Waals surface area (Å²) in [5.74, 6) is -1.90. The SMILES string of the molecule is Cc1cc(C(=O)C2=COCCC2)c(F)cc1F. The second kappa shape index (κ2) is 4.65. The van der Waals surface area contributed by atoms with Gasteiger partial charge in [-0.15, -0.1) is 0 Å². The Bertz CT molecular complexity index is 492. The molecule has 0 amide bonds. The molecule has 0 N–H and O–H groups in total. The predicted octanol–water partition coefficient (Wildman–Crippen LogP) is 3.15. The van der Waals surface area contributed by atoms with Crippen molar-refractivity contribution in [3.05, 3.63) is 46.7 Å². The number of rotatable bonds is 2. The zero-order valence-corrected chi connectivity index (χ0v) is 9.43. The van der Waals surface area contributed by atoms with Crippen LogP contribution >= 0.6 is 0 Å². The molecular weight excluding hydrogens is 226 g/mol. The van der Waals surface area contributed by atoms with E-state index in [1.54, 1.807) is 0 Å². The second-order valence-corrected chi connectivity index (χ2v) is 4.03. The molecule has 0 fully saturated rings. The Morgan fingerprint density at radius 2 is 2.06 bits per heavy atom. The molecule has 90 valence electrons. The van der Waals surface area contributed by atoms with Gasteiger partial charge in [-0.3, -0.25) is 4.79 Å². The summed E-state index contributed by atoms with van der Waals surface area (Å²) in [7, 11) is 0. The molecule has 0 spiro atoms. The van der Waals surface area contributed by atoms with Gasteiger partial charge in [0.1, 0.15) is 11.6 Å². The first-order valence-electron chi connectivity index (χ1n) is 5.40. The smallest absolute Gasteiger partial charge is 0.195 e. The molecule has 17 heavy (non-hydrogen) atoms. The van der Waals surface area contributed by atoms with Crippen LogP contribution < -0.4 is 0 Å². The molecule has 0 aliphatic carbocycles. The number of benzene rings is 1. The highest BCUT2D eigenvalue weighted by Crippen LogP contribution is 2.21. The summed E-state index contributed by atoms with van der Waals surface area (Å²) in [5, 5.41) is 0. The highest BCUT2D eigenvalue weighted by Gasteiger charge is 2.20. The quantitative estimate of drug-likeness (QED) is 0.740. The summed E-state index contributed by atoms with van der Waals surface area (Å²) in [6, 6.07) is 1.98. The first-order chi connectivity index (χ1) is 8.09. The van der Waals surface area contributed by atoms with Crippen molar-refractivity contribution < 1.29 is 18.3 Å². The number of hydrogen-bond donors (Lipinski definition) is 0. The van der Waals surface area contributed by atoms with Crippen LogP contribution in [-0.4, -0.2) is 12.4 Å². The number of hydrogen-bond acceptors (Lipinski definition) is 2. The number of halogens is 2. The molecule has 1 aliphatic rings. The molecule has 0 unspecified atom stereocenters. The van der Waals surface area contributed by atoms with Crippen molar-refractivity contribution in [2.45, 2.75) is 19.8 Å². The van der Waals surface area contributed by atoms with Gasteiger partial charge in [0, 0.05) is 11.6 Å². The van der Waals surface area contributed by atoms with Crippen molar-refractivity contribution in [1.82, 2.24) is 0 Å². The number of carbonyl (C=O) groups excluding carboxylic acids is 1. The maximum Gasteiger partial charge on any atom is 0.195 e. The molecule has 0 bridgehead atoms. The monoisotopic (exact) mass is 238 g/mol. The third-order valence-corrected chi connectivity index (χ3v) is 2.72. The van der Waals surface area contributed by atoms with Crippen LogP contribution in [0.2, 0.25) is 0 Å². The summed E-state index contributed by atoms with van der Waals surface area (Å²) < 4.78 is 31.6. The molecule has 1 aliphatic heterocycles. The van der Waals surface area contributed by atoms with Crippen LogP contribution in [0, 0.1) is 18.6 Å². The highest BCUT2D eigenvalue weighted by molar-refractivity contribution is 6.08. The van der Waals surface area contributed by atoms with Crippen molar-refractivity contribution >= 4 is 5.78 Å². The summed E-state index contributed by atoms with van der Waals surface area (Å²) in [5.41, 5.74) is 0.592. The molecule has 2 rings (SSSR count). The summed E-state index contributed by atoms with van der Waals surface area (Å²) >= 11 is 0. The summed E-state index contributed by atoms with van der Waals surface area (Å²) in [6.07, 6.45) is 2.66. The molecule has 1 heterocycles. The fourth-order valence-electron chi connectivity index (χ4n) is 1.74. The molecule has 0 saturated carbocycles. The number of aryl methyl sites for hydroxylation is 1. The maximum atomic E-state index is 13.5. The van der Waals surface area contributed by atoms with Crippen LogP contribution in [-0.2, 0) is 4.74 Å². The van der Waals surface area contributed by atoms with Gasteiger partial charge in [0.15, 0.2) is 5.78 Å². The Morgan fingerprint density at radius 3 is 2.71 bits per heavy atom. The zero-order chi connectivity index (χ0) is 12.4. The second-order valence-electron chi connectivity index (χ2n) is 4.03. The van der Waals surface area contributed by atoms with Crippen LogP contribution in [0.5, 0.6) is 0 Å². The normalized spacial score (nSPS) is 15.1. The maximum absolute atomic E-state index is 13.5. The van der Waals surface area contributed by atoms with E-state index in [1.807, 2.05) is 0 Å². The molecule has 1 aromatic rings. The minimum atomic E-state index is -0.829. The largest absolute Gasteiger partial charge is 0.501 e. The Morgan fingerprint density at radius 1 is 1.29 bits per heavy atom. The fourth-order valence-corrected chi connectivity index (χ4v) is 1.74. The van der Waals surface area contributed by atoms with E-state index in [0.717, 1.165) is 12.5 Å². The Hall–Kier alpha value is -1.71. The average molecular weight is 238 g/mol. The van der Waals surface area contributed by atoms with E-state index >= 15 is 0 Å². The van der Waals surface area contributed by atoms with Crippen molar-refractivity contribution in [3.8, 4) is 0 Å². The van der Waals surface area contributed by atoms with Gasteiger partial charge in [-0.05, 0) is 31.4 Å². The zero-order valence-electron chi connectivity index (χ0n) is 9.43. The molecule has 0 aromatic heterocycles. The van der Waals surface area contributed by atoms with Gasteiger partial charge < -0.3 is 4.74 Å². The first kappa shape index (κ1) is 11.8. The Labute approximate surface area is 97.9 Å². The van der Waals surface area contributed by atoms with E-state index in [0.29, 0.717) is 18.6 Å². The fraction of sp³-hybridized carbons (Fsp3) is 0.308. The first-order valence-corrected chi connectivity index (χ1v) is 5.40. The van der Waals surface area contributed by atoms with Gasteiger partial charge in [-0.25, -0.2) is 8.78 Å². The van der Waals surface area contributed by atoms with E-state index in [1.165, 1.54) is 19.3 Å².